The highest BCUT2D eigenvalue weighted by Gasteiger charge is 2.24. The molecule has 1 N–H and O–H groups in total. The predicted octanol–water partition coefficient (Wildman–Crippen LogP) is 5.27. The molecule has 2 aromatic heterocycles. The number of aryl methyl sites for hydroxylation is 3. The largest absolute Gasteiger partial charge is 0.494 e. The summed E-state index contributed by atoms with van der Waals surface area (Å²) in [7, 11) is 7.34. The number of nitro groups is 1. The maximum atomic E-state index is 12.0. The summed E-state index contributed by atoms with van der Waals surface area (Å²) in [4.78, 5) is 25.1. The van der Waals surface area contributed by atoms with E-state index in [2.05, 4.69) is 46.2 Å². The van der Waals surface area contributed by atoms with Gasteiger partial charge in [0.05, 0.1) is 28.9 Å². The number of benzene rings is 2. The monoisotopic (exact) mass is 529 g/mol. The molecule has 4 aromatic rings. The Morgan fingerprint density at radius 3 is 2.74 bits per heavy atom. The van der Waals surface area contributed by atoms with Crippen molar-refractivity contribution in [2.75, 3.05) is 51.6 Å². The van der Waals surface area contributed by atoms with Gasteiger partial charge in [-0.2, -0.15) is 0 Å². The van der Waals surface area contributed by atoms with Crippen LogP contribution in [0.1, 0.15) is 24.5 Å². The molecule has 0 atom stereocenters. The van der Waals surface area contributed by atoms with Crippen molar-refractivity contribution in [1.82, 2.24) is 19.4 Å². The van der Waals surface area contributed by atoms with E-state index in [4.69, 9.17) is 9.72 Å². The molecule has 0 aliphatic carbocycles. The van der Waals surface area contributed by atoms with Gasteiger partial charge in [-0.3, -0.25) is 10.1 Å². The Kier molecular flexibility index (Phi) is 7.38. The molecule has 1 aliphatic rings. The van der Waals surface area contributed by atoms with Gasteiger partial charge in [0.2, 0.25) is 5.95 Å². The lowest BCUT2D eigenvalue weighted by molar-refractivity contribution is -0.384. The van der Waals surface area contributed by atoms with Crippen LogP contribution < -0.4 is 15.0 Å². The Balaban J connectivity index is 1.55. The van der Waals surface area contributed by atoms with E-state index in [0.29, 0.717) is 29.6 Å². The fourth-order valence-corrected chi connectivity index (χ4v) is 5.27. The summed E-state index contributed by atoms with van der Waals surface area (Å²) in [6, 6.07) is 9.67. The Bertz CT molecular complexity index is 1530. The molecule has 2 aromatic carbocycles. The van der Waals surface area contributed by atoms with E-state index in [1.54, 1.807) is 13.2 Å². The van der Waals surface area contributed by atoms with E-state index in [-0.39, 0.29) is 10.6 Å². The minimum absolute atomic E-state index is 0.0149. The molecule has 10 nitrogen and oxygen atoms in total. The number of hydrogen-bond acceptors (Lipinski definition) is 8. The molecule has 3 heterocycles. The van der Waals surface area contributed by atoms with Crippen molar-refractivity contribution in [1.29, 1.82) is 0 Å². The van der Waals surface area contributed by atoms with Crippen LogP contribution in [0.3, 0.4) is 0 Å². The molecule has 1 aliphatic heterocycles. The van der Waals surface area contributed by atoms with Gasteiger partial charge in [-0.25, -0.2) is 9.97 Å². The third-order valence-electron chi connectivity index (χ3n) is 7.36. The van der Waals surface area contributed by atoms with E-state index < -0.39 is 0 Å². The van der Waals surface area contributed by atoms with Crippen LogP contribution in [0.5, 0.6) is 5.75 Å². The molecule has 0 saturated carbocycles. The van der Waals surface area contributed by atoms with Crippen molar-refractivity contribution in [3.63, 3.8) is 0 Å². The minimum atomic E-state index is -0.369. The third-order valence-corrected chi connectivity index (χ3v) is 7.36. The first-order valence-corrected chi connectivity index (χ1v) is 13.3. The zero-order valence-corrected chi connectivity index (χ0v) is 23.2. The van der Waals surface area contributed by atoms with Crippen molar-refractivity contribution in [2.45, 2.75) is 32.7 Å². The molecular weight excluding hydrogens is 494 g/mol. The zero-order valence-electron chi connectivity index (χ0n) is 23.2. The number of anilines is 3. The summed E-state index contributed by atoms with van der Waals surface area (Å²) in [6.07, 6.45) is 7.02. The predicted molar refractivity (Wildman–Crippen MR) is 155 cm³/mol. The van der Waals surface area contributed by atoms with Gasteiger partial charge in [0.25, 0.3) is 5.69 Å². The molecule has 39 heavy (non-hydrogen) atoms. The number of nitrogens with zero attached hydrogens (tertiary/aromatic N) is 6. The highest BCUT2D eigenvalue weighted by atomic mass is 16.6. The zero-order chi connectivity index (χ0) is 27.7. The second-order valence-electron chi connectivity index (χ2n) is 10.2. The van der Waals surface area contributed by atoms with Gasteiger partial charge in [-0.15, -0.1) is 0 Å². The number of likely N-dealkylation sites (N-methyl/N-ethyl adjacent to an activating group) is 2. The number of hydrogen-bond donors (Lipinski definition) is 1. The first-order valence-electron chi connectivity index (χ1n) is 13.3. The average Bonchev–Trinajstić information content (AvgIpc) is 3.31. The normalized spacial score (nSPS) is 12.7. The summed E-state index contributed by atoms with van der Waals surface area (Å²) in [6.45, 7) is 4.47. The quantitative estimate of drug-likeness (QED) is 0.219. The van der Waals surface area contributed by atoms with Crippen LogP contribution in [0.15, 0.2) is 42.7 Å². The van der Waals surface area contributed by atoms with Gasteiger partial charge >= 0.3 is 0 Å². The van der Waals surface area contributed by atoms with Crippen LogP contribution >= 0.6 is 0 Å². The number of ether oxygens (including phenoxy) is 1. The van der Waals surface area contributed by atoms with Crippen molar-refractivity contribution in [3.05, 3.63) is 64.0 Å². The lowest BCUT2D eigenvalue weighted by Crippen LogP contribution is -2.28. The number of nitrogens with one attached hydrogen (secondary N) is 1. The van der Waals surface area contributed by atoms with Crippen molar-refractivity contribution < 1.29 is 9.66 Å². The van der Waals surface area contributed by atoms with Gasteiger partial charge in [0, 0.05) is 62.2 Å². The number of methoxy groups -OCH3 is 1. The summed E-state index contributed by atoms with van der Waals surface area (Å²) in [5.41, 5.74) is 6.54. The van der Waals surface area contributed by atoms with Gasteiger partial charge in [0.15, 0.2) is 0 Å². The Hall–Kier alpha value is -4.18. The summed E-state index contributed by atoms with van der Waals surface area (Å²) < 4.78 is 7.97. The smallest absolute Gasteiger partial charge is 0.294 e. The molecule has 0 amide bonds. The molecule has 0 fully saturated rings. The summed E-state index contributed by atoms with van der Waals surface area (Å²) in [5.74, 6) is 0.833. The van der Waals surface area contributed by atoms with E-state index in [1.165, 1.54) is 22.5 Å². The van der Waals surface area contributed by atoms with Crippen molar-refractivity contribution in [2.24, 2.45) is 0 Å². The van der Waals surface area contributed by atoms with Crippen LogP contribution in [0.4, 0.5) is 23.0 Å². The van der Waals surface area contributed by atoms with E-state index in [0.717, 1.165) is 49.2 Å². The van der Waals surface area contributed by atoms with E-state index in [1.807, 2.05) is 37.1 Å². The highest BCUT2D eigenvalue weighted by molar-refractivity contribution is 5.98. The number of nitro benzene ring substituents is 1. The Labute approximate surface area is 228 Å². The maximum Gasteiger partial charge on any atom is 0.294 e. The number of para-hydroxylation sites is 1. The molecule has 0 bridgehead atoms. The first-order chi connectivity index (χ1) is 18.8. The minimum Gasteiger partial charge on any atom is -0.494 e. The van der Waals surface area contributed by atoms with Gasteiger partial charge < -0.3 is 24.4 Å². The second kappa shape index (κ2) is 10.9. The lowest BCUT2D eigenvalue weighted by atomic mass is 10.0. The molecule has 204 valence electrons. The Morgan fingerprint density at radius 2 is 2.03 bits per heavy atom. The molecule has 5 rings (SSSR count). The van der Waals surface area contributed by atoms with Crippen LogP contribution in [-0.4, -0.2) is 65.7 Å². The fourth-order valence-electron chi connectivity index (χ4n) is 5.27. The Morgan fingerprint density at radius 1 is 1.21 bits per heavy atom. The first kappa shape index (κ1) is 26.4. The van der Waals surface area contributed by atoms with Crippen LogP contribution in [0.2, 0.25) is 0 Å². The maximum absolute atomic E-state index is 12.0. The third kappa shape index (κ3) is 5.12. The van der Waals surface area contributed by atoms with Crippen molar-refractivity contribution >= 4 is 33.9 Å². The standard InChI is InChI=1S/C29H35N7O3/c1-6-19-17-30-29(32-27(19)22-18-35-12-8-10-20-9-7-11-21(22)28(20)35)31-23-15-25(36(37)38)24(16-26(23)39-5)34(4)14-13-33(2)3/h7,9,11,15-18H,6,8,10,12-14H2,1-5H3,(H,30,31,32). The van der Waals surface area contributed by atoms with Crippen LogP contribution in [-0.2, 0) is 19.4 Å². The SMILES string of the molecule is CCc1cnc(Nc2cc([N+](=O)[O-])c(N(C)CCN(C)C)cc2OC)nc1-c1cn2c3c(cccc13)CCC2. The van der Waals surface area contributed by atoms with Crippen LogP contribution in [0.25, 0.3) is 22.2 Å². The summed E-state index contributed by atoms with van der Waals surface area (Å²) >= 11 is 0. The highest BCUT2D eigenvalue weighted by Crippen LogP contribution is 2.40. The topological polar surface area (TPSA) is 102 Å². The van der Waals surface area contributed by atoms with Crippen LogP contribution in [0, 0.1) is 10.1 Å². The molecule has 0 unspecified atom stereocenters. The number of aromatic nitrogens is 3. The number of rotatable bonds is 10. The van der Waals surface area contributed by atoms with Gasteiger partial charge in [-0.1, -0.05) is 25.1 Å². The molecule has 0 saturated heterocycles. The molecular formula is C29H35N7O3. The average molecular weight is 530 g/mol. The summed E-state index contributed by atoms with van der Waals surface area (Å²) in [5, 5.41) is 16.4. The lowest BCUT2D eigenvalue weighted by Gasteiger charge is -2.22. The molecule has 10 heteroatoms. The fraction of sp³-hybridized carbons (Fsp3) is 0.379. The van der Waals surface area contributed by atoms with E-state index in [9.17, 15) is 10.1 Å². The van der Waals surface area contributed by atoms with E-state index >= 15 is 0 Å². The molecule has 0 spiro atoms. The van der Waals surface area contributed by atoms with Crippen molar-refractivity contribution in [3.8, 4) is 17.0 Å². The van der Waals surface area contributed by atoms with Gasteiger partial charge in [0.1, 0.15) is 11.4 Å². The second-order valence-corrected chi connectivity index (χ2v) is 10.2. The van der Waals surface area contributed by atoms with Gasteiger partial charge in [-0.05, 0) is 44.5 Å². The molecule has 0 radical (unpaired) electrons.